The van der Waals surface area contributed by atoms with Gasteiger partial charge in [0.05, 0.1) is 6.61 Å². The van der Waals surface area contributed by atoms with Gasteiger partial charge in [0.15, 0.2) is 5.65 Å². The standard InChI is InChI=1S/C12H15N5O4/c1-4-21-11(20)5(2)7-8(18)6-9(17(3)16-7)14-12(13)15-10(6)19/h5H,4H2,1-3H3,(H3,13,14,15,19). The molecule has 9 nitrogen and oxygen atoms in total. The molecule has 2 rings (SSSR count). The fourth-order valence-corrected chi connectivity index (χ4v) is 1.96. The van der Waals surface area contributed by atoms with Crippen molar-refractivity contribution < 1.29 is 9.53 Å². The van der Waals surface area contributed by atoms with Crippen molar-refractivity contribution >= 4 is 23.0 Å². The van der Waals surface area contributed by atoms with Gasteiger partial charge in [-0.1, -0.05) is 0 Å². The predicted molar refractivity (Wildman–Crippen MR) is 74.9 cm³/mol. The molecule has 1 unspecified atom stereocenters. The molecule has 21 heavy (non-hydrogen) atoms. The Hall–Kier alpha value is -2.71. The smallest absolute Gasteiger partial charge is 0.314 e. The van der Waals surface area contributed by atoms with Crippen LogP contribution in [0.15, 0.2) is 9.59 Å². The quantitative estimate of drug-likeness (QED) is 0.712. The molecule has 2 aromatic rings. The van der Waals surface area contributed by atoms with Gasteiger partial charge < -0.3 is 10.5 Å². The Bertz CT molecular complexity index is 823. The van der Waals surface area contributed by atoms with Crippen molar-refractivity contribution in [2.24, 2.45) is 7.05 Å². The summed E-state index contributed by atoms with van der Waals surface area (Å²) in [7, 11) is 1.51. The fourth-order valence-electron chi connectivity index (χ4n) is 1.96. The molecule has 3 N–H and O–H groups in total. The van der Waals surface area contributed by atoms with E-state index in [1.807, 2.05) is 0 Å². The van der Waals surface area contributed by atoms with Crippen LogP contribution in [0.4, 0.5) is 5.95 Å². The Balaban J connectivity index is 2.74. The van der Waals surface area contributed by atoms with Crippen molar-refractivity contribution in [2.75, 3.05) is 12.3 Å². The van der Waals surface area contributed by atoms with Crippen molar-refractivity contribution in [2.45, 2.75) is 19.8 Å². The molecule has 0 radical (unpaired) electrons. The first-order valence-corrected chi connectivity index (χ1v) is 6.30. The molecule has 0 saturated heterocycles. The lowest BCUT2D eigenvalue weighted by atomic mass is 10.1. The average molecular weight is 293 g/mol. The molecule has 0 aromatic carbocycles. The van der Waals surface area contributed by atoms with Crippen LogP contribution in [0.3, 0.4) is 0 Å². The minimum atomic E-state index is -0.884. The van der Waals surface area contributed by atoms with Crippen molar-refractivity contribution in [3.05, 3.63) is 26.3 Å². The van der Waals surface area contributed by atoms with Crippen LogP contribution in [0.1, 0.15) is 25.5 Å². The second-order valence-corrected chi connectivity index (χ2v) is 4.46. The number of fused-ring (bicyclic) bond motifs is 1. The molecule has 0 bridgehead atoms. The van der Waals surface area contributed by atoms with E-state index in [-0.39, 0.29) is 29.3 Å². The Kier molecular flexibility index (Phi) is 3.74. The van der Waals surface area contributed by atoms with E-state index in [1.54, 1.807) is 6.92 Å². The van der Waals surface area contributed by atoms with Crippen LogP contribution < -0.4 is 16.7 Å². The van der Waals surface area contributed by atoms with Crippen LogP contribution in [0.5, 0.6) is 0 Å². The summed E-state index contributed by atoms with van der Waals surface area (Å²) in [6, 6.07) is 0. The third-order valence-corrected chi connectivity index (χ3v) is 2.99. The van der Waals surface area contributed by atoms with E-state index in [1.165, 1.54) is 18.7 Å². The minimum absolute atomic E-state index is 0.0565. The summed E-state index contributed by atoms with van der Waals surface area (Å²) in [5.41, 5.74) is 4.11. The van der Waals surface area contributed by atoms with Crippen molar-refractivity contribution in [3.63, 3.8) is 0 Å². The van der Waals surface area contributed by atoms with E-state index < -0.39 is 22.9 Å². The maximum absolute atomic E-state index is 12.4. The normalized spacial score (nSPS) is 12.3. The number of carbonyl (C=O) groups excluding carboxylic acids is 1. The van der Waals surface area contributed by atoms with E-state index in [0.29, 0.717) is 0 Å². The van der Waals surface area contributed by atoms with Crippen molar-refractivity contribution in [3.8, 4) is 0 Å². The minimum Gasteiger partial charge on any atom is -0.465 e. The van der Waals surface area contributed by atoms with Crippen LogP contribution in [-0.2, 0) is 16.6 Å². The Morgan fingerprint density at radius 1 is 1.48 bits per heavy atom. The third-order valence-electron chi connectivity index (χ3n) is 2.99. The number of ether oxygens (including phenoxy) is 1. The topological polar surface area (TPSA) is 133 Å². The predicted octanol–water partition coefficient (Wildman–Crippen LogP) is -0.734. The van der Waals surface area contributed by atoms with Gasteiger partial charge in [0.25, 0.3) is 5.56 Å². The zero-order chi connectivity index (χ0) is 15.7. The monoisotopic (exact) mass is 293 g/mol. The van der Waals surface area contributed by atoms with E-state index in [2.05, 4.69) is 15.1 Å². The van der Waals surface area contributed by atoms with Crippen LogP contribution >= 0.6 is 0 Å². The number of anilines is 1. The number of H-pyrrole nitrogens is 1. The number of nitrogens with zero attached hydrogens (tertiary/aromatic N) is 3. The van der Waals surface area contributed by atoms with Crippen molar-refractivity contribution in [1.82, 2.24) is 19.7 Å². The molecule has 1 atom stereocenters. The molecule has 2 aromatic heterocycles. The lowest BCUT2D eigenvalue weighted by Gasteiger charge is -2.11. The average Bonchev–Trinajstić information content (AvgIpc) is 2.41. The van der Waals surface area contributed by atoms with E-state index in [9.17, 15) is 14.4 Å². The lowest BCUT2D eigenvalue weighted by molar-refractivity contribution is -0.144. The maximum atomic E-state index is 12.4. The number of nitrogens with two attached hydrogens (primary N) is 1. The zero-order valence-electron chi connectivity index (χ0n) is 11.8. The van der Waals surface area contributed by atoms with Crippen molar-refractivity contribution in [1.29, 1.82) is 0 Å². The largest absolute Gasteiger partial charge is 0.465 e. The number of hydrogen-bond donors (Lipinski definition) is 2. The molecule has 0 fully saturated rings. The molecule has 0 aliphatic carbocycles. The van der Waals surface area contributed by atoms with Gasteiger partial charge >= 0.3 is 5.97 Å². The van der Waals surface area contributed by atoms with Crippen LogP contribution in [-0.4, -0.2) is 32.3 Å². The van der Waals surface area contributed by atoms with Gasteiger partial charge in [-0.05, 0) is 13.8 Å². The summed E-state index contributed by atoms with van der Waals surface area (Å²) in [5, 5.41) is 3.83. The first-order valence-electron chi connectivity index (χ1n) is 6.30. The first-order chi connectivity index (χ1) is 9.86. The number of nitrogen functional groups attached to an aromatic ring is 1. The number of aromatic amines is 1. The molecule has 2 heterocycles. The highest BCUT2D eigenvalue weighted by atomic mass is 16.5. The SMILES string of the molecule is CCOC(=O)C(C)c1nn(C)c2nc(N)[nH]c(=O)c2c1=O. The van der Waals surface area contributed by atoms with Gasteiger partial charge in [-0.2, -0.15) is 10.1 Å². The number of nitrogens with one attached hydrogen (secondary N) is 1. The van der Waals surface area contributed by atoms with Crippen LogP contribution in [0.25, 0.3) is 11.0 Å². The molecule has 0 aliphatic rings. The number of esters is 1. The molecular weight excluding hydrogens is 278 g/mol. The first kappa shape index (κ1) is 14.7. The summed E-state index contributed by atoms with van der Waals surface area (Å²) < 4.78 is 6.11. The summed E-state index contributed by atoms with van der Waals surface area (Å²) in [6.45, 7) is 3.34. The van der Waals surface area contributed by atoms with Crippen LogP contribution in [0, 0.1) is 0 Å². The van der Waals surface area contributed by atoms with E-state index in [0.717, 1.165) is 0 Å². The highest BCUT2D eigenvalue weighted by Gasteiger charge is 2.24. The van der Waals surface area contributed by atoms with E-state index in [4.69, 9.17) is 10.5 Å². The molecule has 112 valence electrons. The second kappa shape index (κ2) is 5.35. The molecule has 9 heteroatoms. The second-order valence-electron chi connectivity index (χ2n) is 4.46. The van der Waals surface area contributed by atoms with Gasteiger partial charge in [-0.15, -0.1) is 0 Å². The van der Waals surface area contributed by atoms with Gasteiger partial charge in [0, 0.05) is 7.05 Å². The van der Waals surface area contributed by atoms with Gasteiger partial charge in [-0.3, -0.25) is 19.4 Å². The fraction of sp³-hybridized carbons (Fsp3) is 0.417. The zero-order valence-corrected chi connectivity index (χ0v) is 11.8. The summed E-state index contributed by atoms with van der Waals surface area (Å²) in [5.74, 6) is -1.58. The number of rotatable bonds is 3. The molecule has 0 spiro atoms. The number of aromatic nitrogens is 4. The molecule has 0 saturated carbocycles. The lowest BCUT2D eigenvalue weighted by Crippen LogP contribution is -2.29. The highest BCUT2D eigenvalue weighted by Crippen LogP contribution is 2.12. The summed E-state index contributed by atoms with van der Waals surface area (Å²) in [4.78, 5) is 42.2. The number of carbonyl (C=O) groups is 1. The number of aryl methyl sites for hydroxylation is 1. The van der Waals surface area contributed by atoms with Crippen LogP contribution in [0.2, 0.25) is 0 Å². The third kappa shape index (κ3) is 2.49. The Labute approximate surface area is 118 Å². The maximum Gasteiger partial charge on any atom is 0.314 e. The molecular formula is C12H15N5O4. The Morgan fingerprint density at radius 3 is 2.76 bits per heavy atom. The van der Waals surface area contributed by atoms with E-state index >= 15 is 0 Å². The van der Waals surface area contributed by atoms with Gasteiger partial charge in [-0.25, -0.2) is 4.68 Å². The number of hydrogen-bond acceptors (Lipinski definition) is 7. The highest BCUT2D eigenvalue weighted by molar-refractivity contribution is 5.80. The Morgan fingerprint density at radius 2 is 2.14 bits per heavy atom. The molecule has 0 amide bonds. The van der Waals surface area contributed by atoms with Gasteiger partial charge in [0.2, 0.25) is 11.4 Å². The summed E-state index contributed by atoms with van der Waals surface area (Å²) >= 11 is 0. The molecule has 0 aliphatic heterocycles. The van der Waals surface area contributed by atoms with Gasteiger partial charge in [0.1, 0.15) is 17.0 Å². The summed E-state index contributed by atoms with van der Waals surface area (Å²) in [6.07, 6.45) is 0.